The number of hydrogen-bond donors (Lipinski definition) is 1. The number of ketones is 1. The number of carbonyl (C=O) groups is 4. The molecular weight excluding hydrogens is 331 g/mol. The van der Waals surface area contributed by atoms with Crippen molar-refractivity contribution in [3.8, 4) is 0 Å². The van der Waals surface area contributed by atoms with Crippen molar-refractivity contribution in [2.75, 3.05) is 6.61 Å². The van der Waals surface area contributed by atoms with Gasteiger partial charge in [-0.2, -0.15) is 0 Å². The van der Waals surface area contributed by atoms with Crippen LogP contribution >= 0.6 is 0 Å². The number of ether oxygens (including phenoxy) is 4. The Bertz CT molecular complexity index is 534. The Morgan fingerprint density at radius 1 is 0.958 bits per heavy atom. The van der Waals surface area contributed by atoms with Crippen molar-refractivity contribution in [2.24, 2.45) is 0 Å². The van der Waals surface area contributed by atoms with Gasteiger partial charge in [0, 0.05) is 20.8 Å². The Morgan fingerprint density at radius 3 is 1.79 bits per heavy atom. The van der Waals surface area contributed by atoms with Crippen LogP contribution in [0.3, 0.4) is 0 Å². The molecule has 10 heteroatoms. The van der Waals surface area contributed by atoms with E-state index in [1.165, 1.54) is 0 Å². The molecule has 0 amide bonds. The monoisotopic (exact) mass is 350 g/mol. The number of rotatable bonds is 5. The summed E-state index contributed by atoms with van der Waals surface area (Å²) in [5, 5.41) is 9.58. The zero-order valence-electron chi connectivity index (χ0n) is 13.6. The largest absolute Gasteiger partial charge is 0.455 e. The van der Waals surface area contributed by atoms with E-state index in [4.69, 9.17) is 18.9 Å². The first-order chi connectivity index (χ1) is 11.0. The van der Waals surface area contributed by atoms with E-state index in [1.54, 1.807) is 0 Å². The summed E-state index contributed by atoms with van der Waals surface area (Å²) in [5.74, 6) is -3.58. The van der Waals surface area contributed by atoms with Crippen LogP contribution in [0.2, 0.25) is 0 Å². The Kier molecular flexibility index (Phi) is 6.38. The second-order valence-electron chi connectivity index (χ2n) is 5.25. The molecule has 0 unspecified atom stereocenters. The zero-order chi connectivity index (χ0) is 18.7. The van der Waals surface area contributed by atoms with Crippen molar-refractivity contribution in [2.45, 2.75) is 58.0 Å². The first kappa shape index (κ1) is 20.0. The highest BCUT2D eigenvalue weighted by molar-refractivity contribution is 5.87. The van der Waals surface area contributed by atoms with E-state index < -0.39 is 60.6 Å². The minimum Gasteiger partial charge on any atom is -0.455 e. The Balaban J connectivity index is 3.42. The van der Waals surface area contributed by atoms with E-state index >= 15 is 0 Å². The molecule has 0 aromatic rings. The van der Waals surface area contributed by atoms with Crippen LogP contribution in [-0.2, 0) is 38.1 Å². The number of hydrogen-bond acceptors (Lipinski definition) is 9. The third-order valence-electron chi connectivity index (χ3n) is 3.39. The summed E-state index contributed by atoms with van der Waals surface area (Å²) in [4.78, 5) is 45.8. The number of aliphatic hydroxyl groups is 1. The molecule has 136 valence electrons. The fraction of sp³-hybridized carbons (Fsp3) is 0.714. The van der Waals surface area contributed by atoms with Gasteiger partial charge in [-0.15, -0.1) is 0 Å². The van der Waals surface area contributed by atoms with Gasteiger partial charge in [-0.25, -0.2) is 4.39 Å². The molecule has 1 fully saturated rings. The Hall–Kier alpha value is -2.07. The number of carbonyl (C=O) groups excluding carboxylic acids is 4. The van der Waals surface area contributed by atoms with Crippen LogP contribution < -0.4 is 0 Å². The highest BCUT2D eigenvalue weighted by atomic mass is 19.1. The van der Waals surface area contributed by atoms with Crippen LogP contribution in [0.25, 0.3) is 0 Å². The highest BCUT2D eigenvalue weighted by Gasteiger charge is 2.62. The van der Waals surface area contributed by atoms with Crippen molar-refractivity contribution < 1.29 is 47.6 Å². The van der Waals surface area contributed by atoms with Gasteiger partial charge in [-0.05, 0) is 6.92 Å². The Morgan fingerprint density at radius 2 is 1.42 bits per heavy atom. The molecule has 24 heavy (non-hydrogen) atoms. The molecule has 0 aliphatic carbocycles. The second-order valence-corrected chi connectivity index (χ2v) is 5.25. The summed E-state index contributed by atoms with van der Waals surface area (Å²) in [5.41, 5.74) is -2.30. The van der Waals surface area contributed by atoms with Gasteiger partial charge in [-0.3, -0.25) is 19.2 Å². The number of aliphatic hydroxyl groups excluding tert-OH is 1. The summed E-state index contributed by atoms with van der Waals surface area (Å²) in [6.07, 6.45) is -7.58. The molecule has 0 spiro atoms. The van der Waals surface area contributed by atoms with Gasteiger partial charge in [0.2, 0.25) is 6.36 Å². The third-order valence-corrected chi connectivity index (χ3v) is 3.39. The maximum absolute atomic E-state index is 14.4. The molecule has 1 heterocycles. The van der Waals surface area contributed by atoms with Gasteiger partial charge in [0.05, 0.1) is 6.61 Å². The lowest BCUT2D eigenvalue weighted by molar-refractivity contribution is -0.302. The summed E-state index contributed by atoms with van der Waals surface area (Å²) < 4.78 is 33.9. The van der Waals surface area contributed by atoms with Gasteiger partial charge in [0.15, 0.2) is 29.7 Å². The van der Waals surface area contributed by atoms with Crippen molar-refractivity contribution in [3.05, 3.63) is 0 Å². The molecule has 9 nitrogen and oxygen atoms in total. The van der Waals surface area contributed by atoms with Crippen LogP contribution in [0, 0.1) is 0 Å². The lowest BCUT2D eigenvalue weighted by Crippen LogP contribution is -2.70. The molecule has 0 aromatic carbocycles. The van der Waals surface area contributed by atoms with Crippen LogP contribution in [0.15, 0.2) is 0 Å². The van der Waals surface area contributed by atoms with E-state index in [0.29, 0.717) is 0 Å². The minimum absolute atomic E-state index is 0.864. The molecule has 0 bridgehead atoms. The van der Waals surface area contributed by atoms with Crippen molar-refractivity contribution in [1.82, 2.24) is 0 Å². The minimum atomic E-state index is -2.40. The maximum Gasteiger partial charge on any atom is 0.303 e. The average molecular weight is 350 g/mol. The van der Waals surface area contributed by atoms with Crippen LogP contribution in [0.5, 0.6) is 0 Å². The van der Waals surface area contributed by atoms with Gasteiger partial charge in [-0.1, -0.05) is 0 Å². The fourth-order valence-electron chi connectivity index (χ4n) is 2.42. The maximum atomic E-state index is 14.4. The average Bonchev–Trinajstić information content (AvgIpc) is 2.44. The van der Waals surface area contributed by atoms with Crippen LogP contribution in [0.1, 0.15) is 27.7 Å². The van der Waals surface area contributed by atoms with Gasteiger partial charge in [0.25, 0.3) is 0 Å². The van der Waals surface area contributed by atoms with Crippen molar-refractivity contribution in [3.63, 3.8) is 0 Å². The normalized spacial score (nSPS) is 32.6. The summed E-state index contributed by atoms with van der Waals surface area (Å²) in [6.45, 7) is 2.90. The molecular formula is C14H19FO9. The van der Waals surface area contributed by atoms with Gasteiger partial charge in [0.1, 0.15) is 0 Å². The molecule has 0 aromatic heterocycles. The molecule has 1 saturated heterocycles. The Labute approximate surface area is 137 Å². The van der Waals surface area contributed by atoms with E-state index in [2.05, 4.69) is 0 Å². The molecule has 1 aliphatic heterocycles. The van der Waals surface area contributed by atoms with E-state index in [9.17, 15) is 28.7 Å². The first-order valence-electron chi connectivity index (χ1n) is 7.00. The van der Waals surface area contributed by atoms with Crippen LogP contribution in [-0.4, -0.2) is 65.7 Å². The van der Waals surface area contributed by atoms with Gasteiger partial charge < -0.3 is 24.1 Å². The molecule has 1 rings (SSSR count). The van der Waals surface area contributed by atoms with E-state index in [1.807, 2.05) is 0 Å². The van der Waals surface area contributed by atoms with Gasteiger partial charge >= 0.3 is 17.9 Å². The van der Waals surface area contributed by atoms with Crippen molar-refractivity contribution in [1.29, 1.82) is 0 Å². The predicted molar refractivity (Wildman–Crippen MR) is 73.1 cm³/mol. The summed E-state index contributed by atoms with van der Waals surface area (Å²) >= 11 is 0. The number of alkyl halides is 1. The standard InChI is InChI=1S/C14H19FO9/c1-6(17)14(5-16)12(23-9(4)20)10(21-7(2)18)11(13(15)24-14)22-8(3)19/h10-13,16H,5H2,1-4H3/t10-,11-,12+,13+,14+/m1/s1. The van der Waals surface area contributed by atoms with Crippen LogP contribution in [0.4, 0.5) is 4.39 Å². The molecule has 1 N–H and O–H groups in total. The quantitative estimate of drug-likeness (QED) is 0.512. The van der Waals surface area contributed by atoms with Crippen molar-refractivity contribution >= 4 is 23.7 Å². The molecule has 0 saturated carbocycles. The topological polar surface area (TPSA) is 125 Å². The predicted octanol–water partition coefficient (Wildman–Crippen LogP) is -0.573. The SMILES string of the molecule is CC(=O)O[C@@H]1[C@@H](OC(C)=O)[C@H](OC(C)=O)[C@](CO)(C(C)=O)O[C@@H]1F. The zero-order valence-corrected chi connectivity index (χ0v) is 13.6. The fourth-order valence-corrected chi connectivity index (χ4v) is 2.42. The van der Waals surface area contributed by atoms with E-state index in [-0.39, 0.29) is 0 Å². The summed E-state index contributed by atoms with van der Waals surface area (Å²) in [7, 11) is 0. The highest BCUT2D eigenvalue weighted by Crippen LogP contribution is 2.36. The lowest BCUT2D eigenvalue weighted by Gasteiger charge is -2.47. The summed E-state index contributed by atoms with van der Waals surface area (Å²) in [6, 6.07) is 0. The number of esters is 3. The first-order valence-corrected chi connectivity index (χ1v) is 7.00. The number of Topliss-reactive ketones (excluding diaryl/α,β-unsaturated/α-hetero) is 1. The smallest absolute Gasteiger partial charge is 0.303 e. The third kappa shape index (κ3) is 4.06. The molecule has 0 radical (unpaired) electrons. The molecule has 5 atom stereocenters. The number of halogens is 1. The lowest BCUT2D eigenvalue weighted by atomic mass is 9.84. The molecule has 1 aliphatic rings. The second kappa shape index (κ2) is 7.67. The van der Waals surface area contributed by atoms with E-state index in [0.717, 1.165) is 27.7 Å².